The van der Waals surface area contributed by atoms with E-state index in [0.717, 1.165) is 53.1 Å². The van der Waals surface area contributed by atoms with Crippen LogP contribution in [0.3, 0.4) is 0 Å². The zero-order valence-electron chi connectivity index (χ0n) is 16.5. The number of fused-ring (bicyclic) bond motifs is 2. The Morgan fingerprint density at radius 2 is 1.97 bits per heavy atom. The van der Waals surface area contributed by atoms with Crippen LogP contribution in [0.1, 0.15) is 45.4 Å². The highest BCUT2D eigenvalue weighted by atomic mass is 32.2. The first-order chi connectivity index (χ1) is 14.1. The Morgan fingerprint density at radius 3 is 2.66 bits per heavy atom. The quantitative estimate of drug-likeness (QED) is 0.407. The van der Waals surface area contributed by atoms with Crippen LogP contribution in [0.15, 0.2) is 22.5 Å². The number of rotatable bonds is 7. The number of amides is 3. The fraction of sp³-hybridized carbons (Fsp3) is 0.524. The summed E-state index contributed by atoms with van der Waals surface area (Å²) in [6.45, 7) is 2.80. The first-order valence-electron chi connectivity index (χ1n) is 10.3. The lowest BCUT2D eigenvalue weighted by molar-refractivity contribution is -0.122. The summed E-state index contributed by atoms with van der Waals surface area (Å²) in [5.74, 6) is -0.0531. The van der Waals surface area contributed by atoms with Crippen molar-refractivity contribution in [2.24, 2.45) is 11.8 Å². The fourth-order valence-electron chi connectivity index (χ4n) is 4.09. The molecule has 1 aromatic carbocycles. The molecule has 0 unspecified atom stereocenters. The fourth-order valence-corrected chi connectivity index (χ4v) is 6.02. The van der Waals surface area contributed by atoms with Gasteiger partial charge < -0.3 is 5.32 Å². The third-order valence-electron chi connectivity index (χ3n) is 5.63. The van der Waals surface area contributed by atoms with E-state index in [0.29, 0.717) is 18.0 Å². The van der Waals surface area contributed by atoms with Crippen molar-refractivity contribution in [3.63, 3.8) is 0 Å². The van der Waals surface area contributed by atoms with Gasteiger partial charge in [-0.15, -0.1) is 11.3 Å². The van der Waals surface area contributed by atoms with Gasteiger partial charge in [-0.1, -0.05) is 37.9 Å². The van der Waals surface area contributed by atoms with E-state index in [9.17, 15) is 14.4 Å². The Labute approximate surface area is 178 Å². The Kier molecular flexibility index (Phi) is 6.20. The van der Waals surface area contributed by atoms with Crippen LogP contribution >= 0.6 is 23.1 Å². The SMILES string of the molecule is CCCCNC(=O)CSc1nc2ccc(N3C(=O)[C@H]4CCCC[C@H]4C3=O)cc2s1. The summed E-state index contributed by atoms with van der Waals surface area (Å²) in [7, 11) is 0. The van der Waals surface area contributed by atoms with Gasteiger partial charge in [0.15, 0.2) is 4.34 Å². The molecule has 2 atom stereocenters. The first kappa shape index (κ1) is 20.3. The molecule has 1 aliphatic heterocycles. The highest BCUT2D eigenvalue weighted by Gasteiger charge is 2.48. The number of imide groups is 1. The molecule has 1 aromatic heterocycles. The van der Waals surface area contributed by atoms with Crippen LogP contribution in [0, 0.1) is 11.8 Å². The Bertz CT molecular complexity index is 918. The van der Waals surface area contributed by atoms with Crippen molar-refractivity contribution < 1.29 is 14.4 Å². The maximum Gasteiger partial charge on any atom is 0.237 e. The molecule has 6 nitrogen and oxygen atoms in total. The summed E-state index contributed by atoms with van der Waals surface area (Å²) in [6, 6.07) is 5.54. The second-order valence-electron chi connectivity index (χ2n) is 7.63. The number of thiazole rings is 1. The first-order valence-corrected chi connectivity index (χ1v) is 12.1. The van der Waals surface area contributed by atoms with Gasteiger partial charge in [0.05, 0.1) is 33.5 Å². The monoisotopic (exact) mass is 431 g/mol. The van der Waals surface area contributed by atoms with Crippen LogP contribution in [0.4, 0.5) is 5.69 Å². The number of unbranched alkanes of at least 4 members (excludes halogenated alkanes) is 1. The van der Waals surface area contributed by atoms with Gasteiger partial charge >= 0.3 is 0 Å². The summed E-state index contributed by atoms with van der Waals surface area (Å²) >= 11 is 2.91. The average Bonchev–Trinajstić information content (AvgIpc) is 3.25. The van der Waals surface area contributed by atoms with Crippen LogP contribution in [0.5, 0.6) is 0 Å². The topological polar surface area (TPSA) is 79.4 Å². The highest BCUT2D eigenvalue weighted by Crippen LogP contribution is 2.41. The average molecular weight is 432 g/mol. The van der Waals surface area contributed by atoms with Crippen molar-refractivity contribution >= 4 is 56.7 Å². The largest absolute Gasteiger partial charge is 0.355 e. The summed E-state index contributed by atoms with van der Waals surface area (Å²) in [5.41, 5.74) is 1.46. The minimum absolute atomic E-state index is 0.0132. The molecule has 0 bridgehead atoms. The predicted molar refractivity (Wildman–Crippen MR) is 116 cm³/mol. The van der Waals surface area contributed by atoms with Gasteiger partial charge in [0.1, 0.15) is 0 Å². The maximum atomic E-state index is 12.8. The van der Waals surface area contributed by atoms with Crippen molar-refractivity contribution in [1.82, 2.24) is 10.3 Å². The molecule has 1 saturated heterocycles. The molecule has 3 amide bonds. The van der Waals surface area contributed by atoms with E-state index in [1.165, 1.54) is 28.0 Å². The molecule has 29 heavy (non-hydrogen) atoms. The second kappa shape index (κ2) is 8.83. The molecule has 2 aromatic rings. The molecule has 2 aliphatic rings. The van der Waals surface area contributed by atoms with Crippen molar-refractivity contribution in [2.75, 3.05) is 17.2 Å². The number of carbonyl (C=O) groups is 3. The van der Waals surface area contributed by atoms with Gasteiger partial charge in [-0.25, -0.2) is 4.98 Å². The zero-order valence-corrected chi connectivity index (χ0v) is 18.1. The van der Waals surface area contributed by atoms with Crippen LogP contribution in [-0.2, 0) is 14.4 Å². The highest BCUT2D eigenvalue weighted by molar-refractivity contribution is 8.01. The normalized spacial score (nSPS) is 21.6. The van der Waals surface area contributed by atoms with Crippen LogP contribution < -0.4 is 10.2 Å². The molecule has 1 saturated carbocycles. The molecule has 1 aliphatic carbocycles. The molecular weight excluding hydrogens is 406 g/mol. The second-order valence-corrected chi connectivity index (χ2v) is 9.89. The summed E-state index contributed by atoms with van der Waals surface area (Å²) in [5, 5.41) is 2.90. The van der Waals surface area contributed by atoms with Gasteiger partial charge in [-0.2, -0.15) is 0 Å². The number of thioether (sulfide) groups is 1. The number of nitrogens with zero attached hydrogens (tertiary/aromatic N) is 2. The van der Waals surface area contributed by atoms with Crippen LogP contribution in [-0.4, -0.2) is 35.0 Å². The van der Waals surface area contributed by atoms with Crippen LogP contribution in [0.25, 0.3) is 10.2 Å². The van der Waals surface area contributed by atoms with Crippen molar-refractivity contribution in [2.45, 2.75) is 49.8 Å². The molecule has 4 rings (SSSR count). The summed E-state index contributed by atoms with van der Waals surface area (Å²) in [4.78, 5) is 43.5. The Morgan fingerprint density at radius 1 is 1.24 bits per heavy atom. The molecule has 2 fully saturated rings. The van der Waals surface area contributed by atoms with Gasteiger partial charge in [0.25, 0.3) is 0 Å². The summed E-state index contributed by atoms with van der Waals surface area (Å²) in [6.07, 6.45) is 5.71. The Hall–Kier alpha value is -1.93. The van der Waals surface area contributed by atoms with E-state index in [4.69, 9.17) is 0 Å². The van der Waals surface area contributed by atoms with E-state index in [2.05, 4.69) is 17.2 Å². The number of hydrogen-bond acceptors (Lipinski definition) is 6. The number of hydrogen-bond donors (Lipinski definition) is 1. The van der Waals surface area contributed by atoms with Gasteiger partial charge in [-0.3, -0.25) is 19.3 Å². The molecule has 2 heterocycles. The van der Waals surface area contributed by atoms with Crippen molar-refractivity contribution in [3.05, 3.63) is 18.2 Å². The molecule has 8 heteroatoms. The minimum atomic E-state index is -0.147. The Balaban J connectivity index is 1.47. The molecular formula is C21H25N3O3S2. The standard InChI is InChI=1S/C21H25N3O3S2/c1-2-3-10-22-18(25)12-28-21-23-16-9-8-13(11-17(16)29-21)24-19(26)14-6-4-5-7-15(14)20(24)27/h8-9,11,14-15H,2-7,10,12H2,1H3,(H,22,25)/t14-,15+. The van der Waals surface area contributed by atoms with Crippen LogP contribution in [0.2, 0.25) is 0 Å². The predicted octanol–water partition coefficient (Wildman–Crippen LogP) is 3.98. The minimum Gasteiger partial charge on any atom is -0.355 e. The number of carbonyl (C=O) groups excluding carboxylic acids is 3. The van der Waals surface area contributed by atoms with E-state index in [1.807, 2.05) is 12.1 Å². The van der Waals surface area contributed by atoms with Gasteiger partial charge in [-0.05, 0) is 37.5 Å². The van der Waals surface area contributed by atoms with Gasteiger partial charge in [0.2, 0.25) is 17.7 Å². The maximum absolute atomic E-state index is 12.8. The molecule has 154 valence electrons. The van der Waals surface area contributed by atoms with E-state index >= 15 is 0 Å². The molecule has 0 spiro atoms. The van der Waals surface area contributed by atoms with E-state index in [1.54, 1.807) is 6.07 Å². The van der Waals surface area contributed by atoms with E-state index < -0.39 is 0 Å². The molecule has 0 radical (unpaired) electrons. The zero-order chi connectivity index (χ0) is 20.4. The van der Waals surface area contributed by atoms with Crippen molar-refractivity contribution in [3.8, 4) is 0 Å². The smallest absolute Gasteiger partial charge is 0.237 e. The van der Waals surface area contributed by atoms with Gasteiger partial charge in [0, 0.05) is 6.54 Å². The number of nitrogens with one attached hydrogen (secondary N) is 1. The lowest BCUT2D eigenvalue weighted by Crippen LogP contribution is -2.30. The lowest BCUT2D eigenvalue weighted by atomic mass is 9.81. The number of benzene rings is 1. The lowest BCUT2D eigenvalue weighted by Gasteiger charge is -2.19. The third kappa shape index (κ3) is 4.19. The van der Waals surface area contributed by atoms with E-state index in [-0.39, 0.29) is 29.6 Å². The number of aromatic nitrogens is 1. The van der Waals surface area contributed by atoms with Crippen molar-refractivity contribution in [1.29, 1.82) is 0 Å². The summed E-state index contributed by atoms with van der Waals surface area (Å²) < 4.78 is 1.74. The number of anilines is 1. The molecule has 1 N–H and O–H groups in total. The third-order valence-corrected chi connectivity index (χ3v) is 7.79.